The second-order valence-corrected chi connectivity index (χ2v) is 5.25. The molecule has 4 heteroatoms. The summed E-state index contributed by atoms with van der Waals surface area (Å²) < 4.78 is 7.55. The molecule has 20 heavy (non-hydrogen) atoms. The lowest BCUT2D eigenvalue weighted by atomic mass is 10.1. The number of esters is 1. The van der Waals surface area contributed by atoms with Crippen molar-refractivity contribution in [3.05, 3.63) is 54.6 Å². The van der Waals surface area contributed by atoms with Crippen LogP contribution in [0, 0.1) is 5.92 Å². The Labute approximate surface area is 119 Å². The van der Waals surface area contributed by atoms with Gasteiger partial charge in [-0.15, -0.1) is 0 Å². The summed E-state index contributed by atoms with van der Waals surface area (Å²) in [5.74, 6) is 0.140. The first-order valence-electron chi connectivity index (χ1n) is 6.85. The third-order valence-corrected chi connectivity index (χ3v) is 2.96. The summed E-state index contributed by atoms with van der Waals surface area (Å²) in [6.07, 6.45) is 5.47. The Bertz CT molecular complexity index is 521. The summed E-state index contributed by atoms with van der Waals surface area (Å²) in [6, 6.07) is 9.81. The quantitative estimate of drug-likeness (QED) is 0.758. The number of hydrogen-bond donors (Lipinski definition) is 0. The van der Waals surface area contributed by atoms with Crippen LogP contribution in [0.15, 0.2) is 49.1 Å². The number of carbonyl (C=O) groups is 1. The SMILES string of the molecule is CC(C)CC(=O)OC(Cn1ccnc1)c1ccccc1. The van der Waals surface area contributed by atoms with Crippen molar-refractivity contribution in [2.45, 2.75) is 32.9 Å². The van der Waals surface area contributed by atoms with Gasteiger partial charge in [-0.25, -0.2) is 4.98 Å². The lowest BCUT2D eigenvalue weighted by Gasteiger charge is -2.19. The molecule has 4 nitrogen and oxygen atoms in total. The molecule has 0 aliphatic carbocycles. The molecule has 0 fully saturated rings. The van der Waals surface area contributed by atoms with Gasteiger partial charge in [0.1, 0.15) is 6.10 Å². The smallest absolute Gasteiger partial charge is 0.306 e. The van der Waals surface area contributed by atoms with Gasteiger partial charge in [-0.1, -0.05) is 44.2 Å². The third kappa shape index (κ3) is 4.23. The van der Waals surface area contributed by atoms with Gasteiger partial charge in [-0.2, -0.15) is 0 Å². The van der Waals surface area contributed by atoms with Gasteiger partial charge in [0.15, 0.2) is 0 Å². The Balaban J connectivity index is 2.10. The van der Waals surface area contributed by atoms with E-state index in [4.69, 9.17) is 4.74 Å². The zero-order chi connectivity index (χ0) is 14.4. The molecule has 0 saturated heterocycles. The summed E-state index contributed by atoms with van der Waals surface area (Å²) in [4.78, 5) is 15.9. The van der Waals surface area contributed by atoms with Crippen molar-refractivity contribution >= 4 is 5.97 Å². The van der Waals surface area contributed by atoms with Crippen molar-refractivity contribution < 1.29 is 9.53 Å². The first-order chi connectivity index (χ1) is 9.65. The fraction of sp³-hybridized carbons (Fsp3) is 0.375. The first-order valence-corrected chi connectivity index (χ1v) is 6.85. The molecule has 0 amide bonds. The minimum absolute atomic E-state index is 0.158. The molecular formula is C16H20N2O2. The highest BCUT2D eigenvalue weighted by Crippen LogP contribution is 2.21. The standard InChI is InChI=1S/C16H20N2O2/c1-13(2)10-16(19)20-15(11-18-9-8-17-12-18)14-6-4-3-5-7-14/h3-9,12-13,15H,10-11H2,1-2H3. The molecule has 0 aliphatic heterocycles. The van der Waals surface area contributed by atoms with Crippen molar-refractivity contribution in [1.82, 2.24) is 9.55 Å². The van der Waals surface area contributed by atoms with E-state index in [2.05, 4.69) is 4.98 Å². The van der Waals surface area contributed by atoms with E-state index >= 15 is 0 Å². The predicted octanol–water partition coefficient (Wildman–Crippen LogP) is 3.21. The fourth-order valence-corrected chi connectivity index (χ4v) is 2.00. The topological polar surface area (TPSA) is 44.1 Å². The highest BCUT2D eigenvalue weighted by molar-refractivity contribution is 5.69. The van der Waals surface area contributed by atoms with Crippen molar-refractivity contribution in [3.63, 3.8) is 0 Å². The number of aromatic nitrogens is 2. The Kier molecular flexibility index (Phi) is 4.93. The Morgan fingerprint density at radius 1 is 1.30 bits per heavy atom. The van der Waals surface area contributed by atoms with Gasteiger partial charge in [0, 0.05) is 18.8 Å². The monoisotopic (exact) mass is 272 g/mol. The van der Waals surface area contributed by atoms with Gasteiger partial charge < -0.3 is 9.30 Å². The number of hydrogen-bond acceptors (Lipinski definition) is 3. The normalized spacial score (nSPS) is 12.3. The van der Waals surface area contributed by atoms with E-state index in [0.29, 0.717) is 18.9 Å². The molecule has 0 spiro atoms. The van der Waals surface area contributed by atoms with Crippen LogP contribution in [0.5, 0.6) is 0 Å². The molecule has 1 atom stereocenters. The molecule has 0 N–H and O–H groups in total. The Morgan fingerprint density at radius 3 is 2.65 bits per heavy atom. The van der Waals surface area contributed by atoms with Crippen LogP contribution < -0.4 is 0 Å². The maximum Gasteiger partial charge on any atom is 0.306 e. The average Bonchev–Trinajstić information content (AvgIpc) is 2.91. The van der Waals surface area contributed by atoms with Crippen LogP contribution >= 0.6 is 0 Å². The third-order valence-electron chi connectivity index (χ3n) is 2.96. The summed E-state index contributed by atoms with van der Waals surface area (Å²) in [7, 11) is 0. The van der Waals surface area contributed by atoms with Crippen molar-refractivity contribution in [3.8, 4) is 0 Å². The van der Waals surface area contributed by atoms with Gasteiger partial charge >= 0.3 is 5.97 Å². The van der Waals surface area contributed by atoms with E-state index in [1.165, 1.54) is 0 Å². The van der Waals surface area contributed by atoms with E-state index in [1.54, 1.807) is 12.5 Å². The Hall–Kier alpha value is -2.10. The molecule has 1 aromatic carbocycles. The molecular weight excluding hydrogens is 252 g/mol. The van der Waals surface area contributed by atoms with Crippen LogP contribution in [-0.2, 0) is 16.1 Å². The van der Waals surface area contributed by atoms with Gasteiger partial charge in [-0.05, 0) is 11.5 Å². The highest BCUT2D eigenvalue weighted by atomic mass is 16.5. The summed E-state index contributed by atoms with van der Waals surface area (Å²) >= 11 is 0. The van der Waals surface area contributed by atoms with Gasteiger partial charge in [-0.3, -0.25) is 4.79 Å². The zero-order valence-corrected chi connectivity index (χ0v) is 11.9. The van der Waals surface area contributed by atoms with Gasteiger partial charge in [0.2, 0.25) is 0 Å². The molecule has 106 valence electrons. The van der Waals surface area contributed by atoms with Gasteiger partial charge in [0.05, 0.1) is 12.9 Å². The van der Waals surface area contributed by atoms with E-state index in [9.17, 15) is 4.79 Å². The Morgan fingerprint density at radius 2 is 2.05 bits per heavy atom. The van der Waals surface area contributed by atoms with Crippen LogP contribution in [-0.4, -0.2) is 15.5 Å². The van der Waals surface area contributed by atoms with Crippen molar-refractivity contribution in [2.24, 2.45) is 5.92 Å². The minimum Gasteiger partial charge on any atom is -0.456 e. The van der Waals surface area contributed by atoms with Crippen molar-refractivity contribution in [2.75, 3.05) is 0 Å². The second kappa shape index (κ2) is 6.89. The van der Waals surface area contributed by atoms with Gasteiger partial charge in [0.25, 0.3) is 0 Å². The van der Waals surface area contributed by atoms with Crippen LogP contribution in [0.4, 0.5) is 0 Å². The molecule has 0 aliphatic rings. The van der Waals surface area contributed by atoms with Crippen LogP contribution in [0.3, 0.4) is 0 Å². The summed E-state index contributed by atoms with van der Waals surface area (Å²) in [6.45, 7) is 4.59. The van der Waals surface area contributed by atoms with Crippen LogP contribution in [0.2, 0.25) is 0 Å². The van der Waals surface area contributed by atoms with E-state index in [0.717, 1.165) is 5.56 Å². The lowest BCUT2D eigenvalue weighted by Crippen LogP contribution is -2.17. The number of rotatable bonds is 6. The predicted molar refractivity (Wildman–Crippen MR) is 77.0 cm³/mol. The summed E-state index contributed by atoms with van der Waals surface area (Å²) in [5.41, 5.74) is 0.998. The van der Waals surface area contributed by atoms with E-state index in [-0.39, 0.29) is 12.1 Å². The average molecular weight is 272 g/mol. The number of imidazole rings is 1. The maximum atomic E-state index is 11.9. The number of carbonyl (C=O) groups excluding carboxylic acids is 1. The molecule has 0 bridgehead atoms. The first kappa shape index (κ1) is 14.3. The maximum absolute atomic E-state index is 11.9. The lowest BCUT2D eigenvalue weighted by molar-refractivity contribution is -0.151. The molecule has 1 unspecified atom stereocenters. The molecule has 2 aromatic rings. The van der Waals surface area contributed by atoms with Crippen molar-refractivity contribution in [1.29, 1.82) is 0 Å². The van der Waals surface area contributed by atoms with E-state index < -0.39 is 0 Å². The van der Waals surface area contributed by atoms with E-state index in [1.807, 2.05) is 54.9 Å². The number of ether oxygens (including phenoxy) is 1. The van der Waals surface area contributed by atoms with Crippen LogP contribution in [0.25, 0.3) is 0 Å². The fourth-order valence-electron chi connectivity index (χ4n) is 2.00. The largest absolute Gasteiger partial charge is 0.456 e. The van der Waals surface area contributed by atoms with Crippen LogP contribution in [0.1, 0.15) is 31.9 Å². The molecule has 1 aromatic heterocycles. The summed E-state index contributed by atoms with van der Waals surface area (Å²) in [5, 5.41) is 0. The minimum atomic E-state index is -0.281. The highest BCUT2D eigenvalue weighted by Gasteiger charge is 2.17. The zero-order valence-electron chi connectivity index (χ0n) is 11.9. The second-order valence-electron chi connectivity index (χ2n) is 5.25. The molecule has 0 radical (unpaired) electrons. The number of benzene rings is 1. The molecule has 2 rings (SSSR count). The number of nitrogens with zero attached hydrogens (tertiary/aromatic N) is 2. The molecule has 1 heterocycles. The molecule has 0 saturated carbocycles.